The lowest BCUT2D eigenvalue weighted by atomic mass is 10.0. The molecular weight excluding hydrogens is 162 g/mol. The molecular formula is C11H21NO. The second-order valence-corrected chi connectivity index (χ2v) is 5.32. The minimum absolute atomic E-state index is 0.549. The fourth-order valence-corrected chi connectivity index (χ4v) is 2.15. The Labute approximate surface area is 81.0 Å². The summed E-state index contributed by atoms with van der Waals surface area (Å²) in [6.07, 6.45) is 2.58. The summed E-state index contributed by atoms with van der Waals surface area (Å²) in [5, 5.41) is 3.71. The first-order chi connectivity index (χ1) is 6.09. The van der Waals surface area contributed by atoms with Gasteiger partial charge in [-0.25, -0.2) is 0 Å². The van der Waals surface area contributed by atoms with Crippen LogP contribution in [0.4, 0.5) is 0 Å². The lowest BCUT2D eigenvalue weighted by molar-refractivity contribution is 0.177. The van der Waals surface area contributed by atoms with Crippen LogP contribution in [0.5, 0.6) is 0 Å². The topological polar surface area (TPSA) is 21.3 Å². The highest BCUT2D eigenvalue weighted by molar-refractivity contribution is 5.02. The van der Waals surface area contributed by atoms with Crippen molar-refractivity contribution in [3.63, 3.8) is 0 Å². The number of ether oxygens (including phenoxy) is 1. The summed E-state index contributed by atoms with van der Waals surface area (Å²) in [6, 6.07) is 1.39. The lowest BCUT2D eigenvalue weighted by Crippen LogP contribution is -2.36. The predicted molar refractivity (Wildman–Crippen MR) is 53.7 cm³/mol. The molecule has 2 nitrogen and oxygen atoms in total. The van der Waals surface area contributed by atoms with Crippen molar-refractivity contribution in [2.45, 2.75) is 45.7 Å². The van der Waals surface area contributed by atoms with Gasteiger partial charge in [0.05, 0.1) is 6.61 Å². The van der Waals surface area contributed by atoms with Gasteiger partial charge in [-0.1, -0.05) is 13.8 Å². The fraction of sp³-hybridized carbons (Fsp3) is 1.00. The highest BCUT2D eigenvalue weighted by Gasteiger charge is 2.46. The van der Waals surface area contributed by atoms with Crippen LogP contribution in [0.15, 0.2) is 0 Å². The monoisotopic (exact) mass is 183 g/mol. The van der Waals surface area contributed by atoms with Crippen molar-refractivity contribution in [1.29, 1.82) is 0 Å². The number of rotatable bonds is 3. The molecule has 1 saturated carbocycles. The first-order valence-corrected chi connectivity index (χ1v) is 5.43. The molecule has 2 heteroatoms. The summed E-state index contributed by atoms with van der Waals surface area (Å²) in [4.78, 5) is 0. The molecule has 0 aromatic heterocycles. The molecule has 1 aliphatic carbocycles. The van der Waals surface area contributed by atoms with E-state index in [1.807, 2.05) is 0 Å². The van der Waals surface area contributed by atoms with Crippen LogP contribution >= 0.6 is 0 Å². The van der Waals surface area contributed by atoms with E-state index < -0.39 is 0 Å². The molecule has 1 aliphatic heterocycles. The van der Waals surface area contributed by atoms with E-state index in [4.69, 9.17) is 4.74 Å². The third-order valence-electron chi connectivity index (χ3n) is 3.65. The molecule has 13 heavy (non-hydrogen) atoms. The zero-order valence-corrected chi connectivity index (χ0v) is 8.97. The van der Waals surface area contributed by atoms with Crippen LogP contribution in [0.1, 0.15) is 33.6 Å². The van der Waals surface area contributed by atoms with Crippen molar-refractivity contribution in [2.75, 3.05) is 13.2 Å². The van der Waals surface area contributed by atoms with E-state index in [1.165, 1.54) is 12.8 Å². The standard InChI is InChI=1S/C11H21NO/c1-8(9-4-5-13-7-9)12-10-6-11(10,2)3/h8-10,12H,4-7H2,1-3H3. The van der Waals surface area contributed by atoms with Crippen LogP contribution in [0, 0.1) is 11.3 Å². The molecule has 0 spiro atoms. The molecule has 2 rings (SSSR count). The van der Waals surface area contributed by atoms with Crippen molar-refractivity contribution in [3.8, 4) is 0 Å². The fourth-order valence-electron chi connectivity index (χ4n) is 2.15. The molecule has 76 valence electrons. The summed E-state index contributed by atoms with van der Waals surface area (Å²) < 4.78 is 5.39. The Balaban J connectivity index is 1.75. The van der Waals surface area contributed by atoms with E-state index in [-0.39, 0.29) is 0 Å². The third-order valence-corrected chi connectivity index (χ3v) is 3.65. The lowest BCUT2D eigenvalue weighted by Gasteiger charge is -2.20. The smallest absolute Gasteiger partial charge is 0.0509 e. The van der Waals surface area contributed by atoms with Gasteiger partial charge < -0.3 is 10.1 Å². The van der Waals surface area contributed by atoms with Gasteiger partial charge in [0.1, 0.15) is 0 Å². The zero-order chi connectivity index (χ0) is 9.47. The van der Waals surface area contributed by atoms with Crippen molar-refractivity contribution < 1.29 is 4.74 Å². The molecule has 3 unspecified atom stereocenters. The van der Waals surface area contributed by atoms with Crippen LogP contribution in [-0.4, -0.2) is 25.3 Å². The van der Waals surface area contributed by atoms with E-state index in [2.05, 4.69) is 26.1 Å². The molecule has 2 aliphatic rings. The molecule has 1 saturated heterocycles. The molecule has 0 amide bonds. The van der Waals surface area contributed by atoms with Gasteiger partial charge in [0.2, 0.25) is 0 Å². The Kier molecular flexibility index (Phi) is 2.37. The van der Waals surface area contributed by atoms with Crippen LogP contribution < -0.4 is 5.32 Å². The van der Waals surface area contributed by atoms with E-state index >= 15 is 0 Å². The van der Waals surface area contributed by atoms with Gasteiger partial charge in [-0.05, 0) is 31.1 Å². The number of hydrogen-bond donors (Lipinski definition) is 1. The van der Waals surface area contributed by atoms with Crippen molar-refractivity contribution in [3.05, 3.63) is 0 Å². The van der Waals surface area contributed by atoms with E-state index in [1.54, 1.807) is 0 Å². The van der Waals surface area contributed by atoms with Crippen molar-refractivity contribution in [1.82, 2.24) is 5.32 Å². The highest BCUT2D eigenvalue weighted by atomic mass is 16.5. The van der Waals surface area contributed by atoms with E-state index in [0.29, 0.717) is 11.5 Å². The predicted octanol–water partition coefficient (Wildman–Crippen LogP) is 1.80. The largest absolute Gasteiger partial charge is 0.381 e. The first-order valence-electron chi connectivity index (χ1n) is 5.43. The summed E-state index contributed by atoms with van der Waals surface area (Å²) in [6.45, 7) is 8.89. The van der Waals surface area contributed by atoms with Gasteiger partial charge in [-0.3, -0.25) is 0 Å². The molecule has 1 heterocycles. The van der Waals surface area contributed by atoms with Crippen molar-refractivity contribution in [2.24, 2.45) is 11.3 Å². The van der Waals surface area contributed by atoms with E-state index in [0.717, 1.165) is 25.2 Å². The highest BCUT2D eigenvalue weighted by Crippen LogP contribution is 2.45. The van der Waals surface area contributed by atoms with Crippen molar-refractivity contribution >= 4 is 0 Å². The van der Waals surface area contributed by atoms with Crippen LogP contribution in [-0.2, 0) is 4.74 Å². The average Bonchev–Trinajstić information content (AvgIpc) is 2.58. The Bertz CT molecular complexity index is 185. The summed E-state index contributed by atoms with van der Waals surface area (Å²) in [7, 11) is 0. The molecule has 1 N–H and O–H groups in total. The summed E-state index contributed by atoms with van der Waals surface area (Å²) in [5.74, 6) is 0.747. The SMILES string of the molecule is CC(NC1CC1(C)C)C1CCOC1. The van der Waals surface area contributed by atoms with Crippen LogP contribution in [0.3, 0.4) is 0 Å². The Morgan fingerprint density at radius 1 is 1.46 bits per heavy atom. The molecule has 0 radical (unpaired) electrons. The summed E-state index contributed by atoms with van der Waals surface area (Å²) in [5.41, 5.74) is 0.549. The maximum Gasteiger partial charge on any atom is 0.0509 e. The van der Waals surface area contributed by atoms with Gasteiger partial charge >= 0.3 is 0 Å². The second kappa shape index (κ2) is 3.25. The molecule has 2 fully saturated rings. The van der Waals surface area contributed by atoms with Gasteiger partial charge in [0.25, 0.3) is 0 Å². The van der Waals surface area contributed by atoms with Gasteiger partial charge in [0.15, 0.2) is 0 Å². The normalized spacial score (nSPS) is 39.0. The molecule has 0 aromatic rings. The zero-order valence-electron chi connectivity index (χ0n) is 8.97. The molecule has 3 atom stereocenters. The van der Waals surface area contributed by atoms with Crippen LogP contribution in [0.25, 0.3) is 0 Å². The number of hydrogen-bond acceptors (Lipinski definition) is 2. The maximum atomic E-state index is 5.39. The maximum absolute atomic E-state index is 5.39. The van der Waals surface area contributed by atoms with Crippen LogP contribution in [0.2, 0.25) is 0 Å². The Morgan fingerprint density at radius 2 is 2.15 bits per heavy atom. The average molecular weight is 183 g/mol. The minimum atomic E-state index is 0.549. The molecule has 0 aromatic carbocycles. The minimum Gasteiger partial charge on any atom is -0.381 e. The number of nitrogens with one attached hydrogen (secondary N) is 1. The Morgan fingerprint density at radius 3 is 2.62 bits per heavy atom. The second-order valence-electron chi connectivity index (χ2n) is 5.32. The Hall–Kier alpha value is -0.0800. The van der Waals surface area contributed by atoms with E-state index in [9.17, 15) is 0 Å². The summed E-state index contributed by atoms with van der Waals surface area (Å²) >= 11 is 0. The first kappa shape index (κ1) is 9.47. The molecule has 0 bridgehead atoms. The van der Waals surface area contributed by atoms with Gasteiger partial charge in [-0.2, -0.15) is 0 Å². The third kappa shape index (κ3) is 2.05. The quantitative estimate of drug-likeness (QED) is 0.720. The van der Waals surface area contributed by atoms with Gasteiger partial charge in [-0.15, -0.1) is 0 Å². The van der Waals surface area contributed by atoms with Gasteiger partial charge in [0, 0.05) is 18.7 Å².